The molecule has 5 rings (SSSR count). The van der Waals surface area contributed by atoms with E-state index in [-0.39, 0.29) is 35.2 Å². The smallest absolute Gasteiger partial charge is 0.240 e. The standard InChI is InChI=1S/C22H20ClFN8O2/c1-25-22-18(24)5-4-17(21(22)23)19-11-30-6-7-31(10-16(30)12-34-19)20(33)8-14-2-3-15(9-26-14)32-13-27-28-29-32/h2-5,9,13,16,19H,6-8,10-12H2/t16-,19-/m0/s1. The third-order valence-corrected chi connectivity index (χ3v) is 6.56. The molecule has 174 valence electrons. The number of rotatable bonds is 4. The predicted octanol–water partition coefficient (Wildman–Crippen LogP) is 2.23. The van der Waals surface area contributed by atoms with Crippen molar-refractivity contribution in [2.45, 2.75) is 18.6 Å². The average molecular weight is 483 g/mol. The fourth-order valence-electron chi connectivity index (χ4n) is 4.31. The maximum Gasteiger partial charge on any atom is 0.240 e. The number of morpholine rings is 1. The molecule has 2 aliphatic heterocycles. The molecule has 0 spiro atoms. The van der Waals surface area contributed by atoms with E-state index in [0.29, 0.717) is 49.7 Å². The van der Waals surface area contributed by atoms with E-state index in [1.54, 1.807) is 18.3 Å². The van der Waals surface area contributed by atoms with E-state index in [1.165, 1.54) is 17.1 Å². The molecular formula is C22H20ClFN8O2. The number of carbonyl (C=O) groups excluding carboxylic acids is 1. The zero-order valence-corrected chi connectivity index (χ0v) is 18.8. The largest absolute Gasteiger partial charge is 0.370 e. The Labute approximate surface area is 199 Å². The van der Waals surface area contributed by atoms with Crippen molar-refractivity contribution < 1.29 is 13.9 Å². The topological polar surface area (TPSA) is 93.6 Å². The summed E-state index contributed by atoms with van der Waals surface area (Å²) >= 11 is 6.28. The molecule has 12 heteroatoms. The third kappa shape index (κ3) is 4.35. The second-order valence-electron chi connectivity index (χ2n) is 8.16. The van der Waals surface area contributed by atoms with Crippen molar-refractivity contribution in [1.82, 2.24) is 35.0 Å². The zero-order chi connectivity index (χ0) is 23.7. The van der Waals surface area contributed by atoms with Crippen molar-refractivity contribution in [3.63, 3.8) is 0 Å². The Morgan fingerprint density at radius 3 is 2.88 bits per heavy atom. The number of hydrogen-bond donors (Lipinski definition) is 0. The van der Waals surface area contributed by atoms with Crippen LogP contribution in [0, 0.1) is 12.4 Å². The summed E-state index contributed by atoms with van der Waals surface area (Å²) in [4.78, 5) is 24.6. The highest BCUT2D eigenvalue weighted by Crippen LogP contribution is 2.38. The Hall–Kier alpha value is -3.46. The molecule has 34 heavy (non-hydrogen) atoms. The lowest BCUT2D eigenvalue weighted by molar-refractivity contribution is -0.139. The molecule has 2 fully saturated rings. The van der Waals surface area contributed by atoms with Crippen molar-refractivity contribution in [3.05, 3.63) is 70.3 Å². The molecular weight excluding hydrogens is 463 g/mol. The third-order valence-electron chi connectivity index (χ3n) is 6.16. The molecule has 2 atom stereocenters. The zero-order valence-electron chi connectivity index (χ0n) is 18.0. The second kappa shape index (κ2) is 9.42. The Kier molecular flexibility index (Phi) is 6.19. The first-order valence-electron chi connectivity index (χ1n) is 10.7. The van der Waals surface area contributed by atoms with Crippen LogP contribution in [-0.4, -0.2) is 79.7 Å². The average Bonchev–Trinajstić information content (AvgIpc) is 3.39. The van der Waals surface area contributed by atoms with E-state index in [9.17, 15) is 9.18 Å². The first kappa shape index (κ1) is 22.3. The summed E-state index contributed by atoms with van der Waals surface area (Å²) in [6.45, 7) is 9.98. The van der Waals surface area contributed by atoms with Gasteiger partial charge in [-0.15, -0.1) is 5.10 Å². The van der Waals surface area contributed by atoms with Crippen molar-refractivity contribution in [2.75, 3.05) is 32.8 Å². The number of benzene rings is 1. The van der Waals surface area contributed by atoms with Gasteiger partial charge >= 0.3 is 0 Å². The number of halogens is 2. The van der Waals surface area contributed by atoms with E-state index in [2.05, 4.69) is 30.3 Å². The summed E-state index contributed by atoms with van der Waals surface area (Å²) in [6, 6.07) is 6.50. The van der Waals surface area contributed by atoms with Gasteiger partial charge in [-0.2, -0.15) is 4.68 Å². The quantitative estimate of drug-likeness (QED) is 0.526. The van der Waals surface area contributed by atoms with Gasteiger partial charge in [0.1, 0.15) is 12.1 Å². The number of fused-ring (bicyclic) bond motifs is 1. The van der Waals surface area contributed by atoms with Gasteiger partial charge in [-0.1, -0.05) is 17.7 Å². The van der Waals surface area contributed by atoms with Gasteiger partial charge in [0.15, 0.2) is 0 Å². The van der Waals surface area contributed by atoms with Crippen LogP contribution in [0.15, 0.2) is 36.8 Å². The lowest BCUT2D eigenvalue weighted by atomic mass is 10.0. The van der Waals surface area contributed by atoms with Crippen molar-refractivity contribution in [2.24, 2.45) is 0 Å². The molecule has 2 saturated heterocycles. The van der Waals surface area contributed by atoms with Crippen molar-refractivity contribution in [3.8, 4) is 5.69 Å². The van der Waals surface area contributed by atoms with Crippen LogP contribution in [0.25, 0.3) is 10.5 Å². The fraction of sp³-hybridized carbons (Fsp3) is 0.364. The van der Waals surface area contributed by atoms with Crippen LogP contribution in [0.3, 0.4) is 0 Å². The molecule has 0 unspecified atom stereocenters. The summed E-state index contributed by atoms with van der Waals surface area (Å²) in [7, 11) is 0. The van der Waals surface area contributed by atoms with E-state index >= 15 is 0 Å². The normalized spacial score (nSPS) is 20.6. The van der Waals surface area contributed by atoms with Gasteiger partial charge in [0.2, 0.25) is 11.6 Å². The number of hydrogen-bond acceptors (Lipinski definition) is 7. The van der Waals surface area contributed by atoms with Crippen LogP contribution in [-0.2, 0) is 16.0 Å². The number of carbonyl (C=O) groups is 1. The summed E-state index contributed by atoms with van der Waals surface area (Å²) in [5, 5.41) is 11.1. The van der Waals surface area contributed by atoms with Gasteiger partial charge in [0.05, 0.1) is 48.7 Å². The van der Waals surface area contributed by atoms with Gasteiger partial charge < -0.3 is 9.64 Å². The molecule has 0 radical (unpaired) electrons. The number of nitrogens with zero attached hydrogens (tertiary/aromatic N) is 8. The summed E-state index contributed by atoms with van der Waals surface area (Å²) in [6.07, 6.45) is 2.96. The summed E-state index contributed by atoms with van der Waals surface area (Å²) in [5.41, 5.74) is 1.82. The monoisotopic (exact) mass is 482 g/mol. The molecule has 1 aromatic carbocycles. The summed E-state index contributed by atoms with van der Waals surface area (Å²) < 4.78 is 21.3. The van der Waals surface area contributed by atoms with E-state index in [4.69, 9.17) is 22.9 Å². The molecule has 2 aromatic heterocycles. The molecule has 0 N–H and O–H groups in total. The van der Waals surface area contributed by atoms with Gasteiger partial charge in [-0.05, 0) is 34.2 Å². The van der Waals surface area contributed by atoms with Crippen LogP contribution in [0.1, 0.15) is 17.4 Å². The van der Waals surface area contributed by atoms with Gasteiger partial charge in [-0.25, -0.2) is 9.24 Å². The highest BCUT2D eigenvalue weighted by Gasteiger charge is 2.36. The van der Waals surface area contributed by atoms with Crippen LogP contribution in [0.5, 0.6) is 0 Å². The first-order valence-corrected chi connectivity index (χ1v) is 11.1. The van der Waals surface area contributed by atoms with Gasteiger partial charge in [0, 0.05) is 31.9 Å². The van der Waals surface area contributed by atoms with Gasteiger partial charge in [0.25, 0.3) is 0 Å². The molecule has 4 heterocycles. The predicted molar refractivity (Wildman–Crippen MR) is 119 cm³/mol. The minimum Gasteiger partial charge on any atom is -0.370 e. The Morgan fingerprint density at radius 1 is 1.26 bits per heavy atom. The molecule has 2 aliphatic rings. The number of amides is 1. The number of piperazine rings is 1. The Balaban J connectivity index is 1.19. The maximum absolute atomic E-state index is 13.8. The maximum atomic E-state index is 13.8. The molecule has 0 bridgehead atoms. The van der Waals surface area contributed by atoms with Crippen LogP contribution in [0.2, 0.25) is 5.02 Å². The summed E-state index contributed by atoms with van der Waals surface area (Å²) in [5.74, 6) is -0.628. The lowest BCUT2D eigenvalue weighted by Gasteiger charge is -2.46. The van der Waals surface area contributed by atoms with Gasteiger partial charge in [-0.3, -0.25) is 14.7 Å². The number of tetrazole rings is 1. The number of pyridine rings is 1. The minimum atomic E-state index is -0.635. The molecule has 0 saturated carbocycles. The molecule has 0 aliphatic carbocycles. The van der Waals surface area contributed by atoms with E-state index < -0.39 is 5.82 Å². The van der Waals surface area contributed by atoms with Crippen molar-refractivity contribution in [1.29, 1.82) is 0 Å². The Bertz CT molecular complexity index is 1230. The number of aromatic nitrogens is 5. The highest BCUT2D eigenvalue weighted by atomic mass is 35.5. The van der Waals surface area contributed by atoms with E-state index in [0.717, 1.165) is 0 Å². The van der Waals surface area contributed by atoms with Crippen LogP contribution >= 0.6 is 11.6 Å². The van der Waals surface area contributed by atoms with Crippen molar-refractivity contribution >= 4 is 23.2 Å². The fourth-order valence-corrected chi connectivity index (χ4v) is 4.63. The minimum absolute atomic E-state index is 0.00715. The number of ether oxygens (including phenoxy) is 1. The first-order chi connectivity index (χ1) is 16.5. The Morgan fingerprint density at radius 2 is 2.15 bits per heavy atom. The molecule has 1 amide bonds. The lowest BCUT2D eigenvalue weighted by Crippen LogP contribution is -2.59. The second-order valence-corrected chi connectivity index (χ2v) is 8.54. The molecule has 10 nitrogen and oxygen atoms in total. The van der Waals surface area contributed by atoms with E-state index in [1.807, 2.05) is 11.0 Å². The van der Waals surface area contributed by atoms with Crippen LogP contribution < -0.4 is 0 Å². The van der Waals surface area contributed by atoms with Crippen LogP contribution in [0.4, 0.5) is 10.1 Å². The highest BCUT2D eigenvalue weighted by molar-refractivity contribution is 6.34. The SMILES string of the molecule is [C-]#[N+]c1c(F)ccc([C@@H]2CN3CCN(C(=O)Cc4ccc(-n5cnnn5)cn4)C[C@H]3CO2)c1Cl. The molecule has 3 aromatic rings.